The van der Waals surface area contributed by atoms with Crippen molar-refractivity contribution in [1.82, 2.24) is 0 Å². The van der Waals surface area contributed by atoms with Crippen molar-refractivity contribution in [2.24, 2.45) is 5.84 Å². The second-order valence-corrected chi connectivity index (χ2v) is 11.7. The van der Waals surface area contributed by atoms with Crippen LogP contribution in [0.2, 0.25) is 0 Å². The molecule has 1 heterocycles. The van der Waals surface area contributed by atoms with Crippen LogP contribution in [-0.4, -0.2) is 27.4 Å². The van der Waals surface area contributed by atoms with E-state index in [1.807, 2.05) is 13.8 Å². The van der Waals surface area contributed by atoms with Crippen molar-refractivity contribution in [3.63, 3.8) is 0 Å². The van der Waals surface area contributed by atoms with Crippen molar-refractivity contribution in [2.75, 3.05) is 18.4 Å². The molecule has 0 unspecified atom stereocenters. The van der Waals surface area contributed by atoms with Gasteiger partial charge in [0.05, 0.1) is 32.3 Å². The van der Waals surface area contributed by atoms with Gasteiger partial charge in [0.25, 0.3) is 0 Å². The minimum Gasteiger partial charge on any atom is -0.378 e. The van der Waals surface area contributed by atoms with Crippen LogP contribution in [0.1, 0.15) is 30.7 Å². The zero-order chi connectivity index (χ0) is 26.0. The molecule has 35 heavy (non-hydrogen) atoms. The first-order valence-electron chi connectivity index (χ1n) is 10.6. The topological polar surface area (TPSA) is 72.6 Å². The molecule has 0 atom stereocenters. The second kappa shape index (κ2) is 10.1. The van der Waals surface area contributed by atoms with Gasteiger partial charge in [0.15, 0.2) is 9.84 Å². The van der Waals surface area contributed by atoms with E-state index in [2.05, 4.69) is 0 Å². The summed E-state index contributed by atoms with van der Waals surface area (Å²) in [5.41, 5.74) is -0.547. The Balaban J connectivity index is 2.10. The van der Waals surface area contributed by atoms with Gasteiger partial charge in [-0.2, -0.15) is 13.2 Å². The number of hydrogen-bond acceptors (Lipinski definition) is 6. The largest absolute Gasteiger partial charge is 0.418 e. The number of para-hydroxylation sites is 1. The van der Waals surface area contributed by atoms with E-state index in [0.29, 0.717) is 22.6 Å². The van der Waals surface area contributed by atoms with E-state index in [0.717, 1.165) is 22.2 Å². The van der Waals surface area contributed by atoms with Crippen LogP contribution in [0.4, 0.5) is 18.9 Å². The molecule has 2 N–H and O–H groups in total. The average Bonchev–Trinajstić information content (AvgIpc) is 3.28. The maximum Gasteiger partial charge on any atom is 0.418 e. The summed E-state index contributed by atoms with van der Waals surface area (Å²) in [7, 11) is -1.83. The first-order valence-corrected chi connectivity index (χ1v) is 13.3. The standard InChI is InChI=1S/C25H27F3N2O3S2/c1-24(2,33-3)15-14-21(30(29)20-11-6-5-10-19(20)25(26,27)28)23-13-12-22(34-23)17-8-7-9-18(16-17)35(4,31)32/h5-14,16H,15,29H2,1-4H3/b21-14-. The Bertz CT molecular complexity index is 1330. The molecule has 1 aromatic heterocycles. The lowest BCUT2D eigenvalue weighted by molar-refractivity contribution is -0.137. The van der Waals surface area contributed by atoms with E-state index < -0.39 is 27.2 Å². The molecular formula is C25H27F3N2O3S2. The number of nitrogens with two attached hydrogens (primary N) is 1. The molecule has 2 aromatic carbocycles. The predicted molar refractivity (Wildman–Crippen MR) is 135 cm³/mol. The van der Waals surface area contributed by atoms with Crippen LogP contribution >= 0.6 is 11.3 Å². The molecule has 0 saturated heterocycles. The molecular weight excluding hydrogens is 497 g/mol. The molecule has 0 amide bonds. The lowest BCUT2D eigenvalue weighted by Gasteiger charge is -2.27. The minimum absolute atomic E-state index is 0.183. The van der Waals surface area contributed by atoms with Gasteiger partial charge in [0.2, 0.25) is 0 Å². The van der Waals surface area contributed by atoms with Crippen molar-refractivity contribution in [1.29, 1.82) is 0 Å². The zero-order valence-electron chi connectivity index (χ0n) is 19.8. The van der Waals surface area contributed by atoms with Gasteiger partial charge < -0.3 is 4.74 Å². The van der Waals surface area contributed by atoms with Gasteiger partial charge in [0.1, 0.15) is 0 Å². The van der Waals surface area contributed by atoms with Gasteiger partial charge in [-0.05, 0) is 62.2 Å². The van der Waals surface area contributed by atoms with Crippen molar-refractivity contribution in [3.05, 3.63) is 77.2 Å². The highest BCUT2D eigenvalue weighted by Gasteiger charge is 2.35. The molecule has 0 radical (unpaired) electrons. The van der Waals surface area contributed by atoms with Gasteiger partial charge in [-0.25, -0.2) is 14.3 Å². The van der Waals surface area contributed by atoms with Crippen LogP contribution in [0, 0.1) is 0 Å². The van der Waals surface area contributed by atoms with E-state index in [9.17, 15) is 21.6 Å². The predicted octanol–water partition coefficient (Wildman–Crippen LogP) is 6.37. The van der Waals surface area contributed by atoms with Crippen LogP contribution in [0.5, 0.6) is 0 Å². The van der Waals surface area contributed by atoms with Crippen LogP contribution in [0.3, 0.4) is 0 Å². The Morgan fingerprint density at radius 3 is 2.40 bits per heavy atom. The average molecular weight is 525 g/mol. The van der Waals surface area contributed by atoms with Crippen LogP contribution < -0.4 is 10.9 Å². The van der Waals surface area contributed by atoms with E-state index in [4.69, 9.17) is 10.6 Å². The van der Waals surface area contributed by atoms with Gasteiger partial charge in [-0.3, -0.25) is 5.01 Å². The normalized spacial score (nSPS) is 13.2. The highest BCUT2D eigenvalue weighted by molar-refractivity contribution is 7.90. The van der Waals surface area contributed by atoms with Gasteiger partial charge >= 0.3 is 6.18 Å². The molecule has 0 aliphatic rings. The molecule has 10 heteroatoms. The summed E-state index contributed by atoms with van der Waals surface area (Å²) in [6.07, 6.45) is -1.32. The summed E-state index contributed by atoms with van der Waals surface area (Å²) < 4.78 is 70.5. The molecule has 188 valence electrons. The third-order valence-electron chi connectivity index (χ3n) is 5.47. The zero-order valence-corrected chi connectivity index (χ0v) is 21.4. The fraction of sp³-hybridized carbons (Fsp3) is 0.280. The number of nitrogens with zero attached hydrogens (tertiary/aromatic N) is 1. The highest BCUT2D eigenvalue weighted by atomic mass is 32.2. The van der Waals surface area contributed by atoms with Gasteiger partial charge in [-0.15, -0.1) is 11.3 Å². The van der Waals surface area contributed by atoms with Gasteiger partial charge in [0, 0.05) is 18.2 Å². The number of ether oxygens (including phenoxy) is 1. The number of thiophene rings is 1. The lowest BCUT2D eigenvalue weighted by atomic mass is 10.0. The molecule has 0 fully saturated rings. The lowest BCUT2D eigenvalue weighted by Crippen LogP contribution is -2.31. The number of alkyl halides is 3. The van der Waals surface area contributed by atoms with Crippen molar-refractivity contribution < 1.29 is 26.3 Å². The summed E-state index contributed by atoms with van der Waals surface area (Å²) in [5, 5.41) is 1.04. The van der Waals surface area contributed by atoms with E-state index in [1.54, 1.807) is 43.5 Å². The number of anilines is 1. The summed E-state index contributed by atoms with van der Waals surface area (Å²) >= 11 is 1.30. The van der Waals surface area contributed by atoms with E-state index in [-0.39, 0.29) is 10.6 Å². The first kappa shape index (κ1) is 26.9. The molecule has 3 rings (SSSR count). The Hall–Kier alpha value is -2.66. The number of methoxy groups -OCH3 is 1. The Morgan fingerprint density at radius 1 is 1.09 bits per heavy atom. The van der Waals surface area contributed by atoms with Gasteiger partial charge in [-0.1, -0.05) is 30.3 Å². The maximum atomic E-state index is 13.7. The number of hydrogen-bond donors (Lipinski definition) is 1. The number of hydrazine groups is 1. The Morgan fingerprint density at radius 2 is 1.77 bits per heavy atom. The number of rotatable bonds is 8. The van der Waals surface area contributed by atoms with Crippen LogP contribution in [0.25, 0.3) is 16.1 Å². The number of halogens is 3. The fourth-order valence-corrected chi connectivity index (χ4v) is 5.01. The third-order valence-corrected chi connectivity index (χ3v) is 7.74. The summed E-state index contributed by atoms with van der Waals surface area (Å²) in [6, 6.07) is 15.2. The summed E-state index contributed by atoms with van der Waals surface area (Å²) in [6.45, 7) is 3.73. The summed E-state index contributed by atoms with van der Waals surface area (Å²) in [4.78, 5) is 1.55. The molecule has 0 bridgehead atoms. The molecule has 0 aliphatic heterocycles. The van der Waals surface area contributed by atoms with Crippen molar-refractivity contribution >= 4 is 32.6 Å². The molecule has 5 nitrogen and oxygen atoms in total. The highest BCUT2D eigenvalue weighted by Crippen LogP contribution is 2.40. The molecule has 0 spiro atoms. The van der Waals surface area contributed by atoms with Crippen molar-refractivity contribution in [3.8, 4) is 10.4 Å². The molecule has 0 aliphatic carbocycles. The van der Waals surface area contributed by atoms with Crippen LogP contribution in [-0.2, 0) is 20.8 Å². The number of benzene rings is 2. The second-order valence-electron chi connectivity index (χ2n) is 8.61. The van der Waals surface area contributed by atoms with E-state index >= 15 is 0 Å². The smallest absolute Gasteiger partial charge is 0.378 e. The monoisotopic (exact) mass is 524 g/mol. The summed E-state index contributed by atoms with van der Waals surface area (Å²) in [5.74, 6) is 6.32. The van der Waals surface area contributed by atoms with E-state index in [1.165, 1.54) is 35.6 Å². The molecule has 3 aromatic rings. The quantitative estimate of drug-likeness (QED) is 0.274. The first-order chi connectivity index (χ1) is 16.2. The van der Waals surface area contributed by atoms with Crippen molar-refractivity contribution in [2.45, 2.75) is 36.9 Å². The SMILES string of the molecule is COC(C)(C)C/C=C(/c1ccc(-c2cccc(S(C)(=O)=O)c2)s1)N(N)c1ccccc1C(F)(F)F. The fourth-order valence-electron chi connectivity index (χ4n) is 3.31. The third kappa shape index (κ3) is 6.52. The Kier molecular flexibility index (Phi) is 7.80. The molecule has 0 saturated carbocycles. The maximum absolute atomic E-state index is 13.7. The minimum atomic E-state index is -4.59. The van der Waals surface area contributed by atoms with Crippen LogP contribution in [0.15, 0.2) is 71.6 Å². The Labute approximate surface area is 207 Å². The number of sulfone groups is 1.